The van der Waals surface area contributed by atoms with Gasteiger partial charge in [-0.1, -0.05) is 24.3 Å². The summed E-state index contributed by atoms with van der Waals surface area (Å²) in [5.74, 6) is -0.644. The van der Waals surface area contributed by atoms with Gasteiger partial charge in [0.1, 0.15) is 12.3 Å². The molecule has 2 aromatic carbocycles. The molecule has 0 aliphatic carbocycles. The van der Waals surface area contributed by atoms with Crippen LogP contribution < -0.4 is 4.74 Å². The van der Waals surface area contributed by atoms with Crippen LogP contribution in [0.2, 0.25) is 0 Å². The number of ether oxygens (including phenoxy) is 1. The lowest BCUT2D eigenvalue weighted by atomic mass is 10.0. The molecule has 0 atom stereocenters. The van der Waals surface area contributed by atoms with Gasteiger partial charge in [0.2, 0.25) is 0 Å². The van der Waals surface area contributed by atoms with E-state index in [9.17, 15) is 23.1 Å². The number of carbonyl (C=O) groups is 1. The number of aromatic nitrogens is 1. The average molecular weight is 349 g/mol. The van der Waals surface area contributed by atoms with E-state index in [0.717, 1.165) is 16.3 Å². The molecule has 3 aromatic rings. The standard InChI is InChI=1S/C18H14F3NO3/c1-25-13-4-2-3-11(7-13)12-5-6-14-15(17(23)24)9-22(16(14)8-12)10-18(19,20)21/h2-9H,10H2,1H3,(H,23,24). The van der Waals surface area contributed by atoms with Gasteiger partial charge in [-0.25, -0.2) is 4.79 Å². The van der Waals surface area contributed by atoms with E-state index in [-0.39, 0.29) is 16.5 Å². The number of methoxy groups -OCH3 is 1. The van der Waals surface area contributed by atoms with Crippen molar-refractivity contribution in [2.45, 2.75) is 12.7 Å². The zero-order chi connectivity index (χ0) is 18.2. The van der Waals surface area contributed by atoms with Crippen LogP contribution in [0.3, 0.4) is 0 Å². The number of nitrogens with zero attached hydrogens (tertiary/aromatic N) is 1. The fraction of sp³-hybridized carbons (Fsp3) is 0.167. The number of carboxylic acid groups (broad SMARTS) is 1. The molecule has 0 amide bonds. The van der Waals surface area contributed by atoms with Gasteiger partial charge in [-0.2, -0.15) is 13.2 Å². The first-order chi connectivity index (χ1) is 11.8. The second kappa shape index (κ2) is 6.16. The van der Waals surface area contributed by atoms with Crippen molar-refractivity contribution in [1.29, 1.82) is 0 Å². The number of carboxylic acids is 1. The van der Waals surface area contributed by atoms with E-state index in [2.05, 4.69) is 0 Å². The first-order valence-corrected chi connectivity index (χ1v) is 7.36. The molecule has 130 valence electrons. The predicted molar refractivity (Wildman–Crippen MR) is 86.9 cm³/mol. The number of aromatic carboxylic acids is 1. The SMILES string of the molecule is COc1cccc(-c2ccc3c(C(=O)O)cn(CC(F)(F)F)c3c2)c1. The average Bonchev–Trinajstić information content (AvgIpc) is 2.91. The molecule has 0 unspecified atom stereocenters. The molecule has 4 nitrogen and oxygen atoms in total. The van der Waals surface area contributed by atoms with Gasteiger partial charge in [-0.05, 0) is 29.3 Å². The molecule has 0 saturated heterocycles. The highest BCUT2D eigenvalue weighted by molar-refractivity contribution is 6.04. The Morgan fingerprint density at radius 1 is 1.16 bits per heavy atom. The minimum Gasteiger partial charge on any atom is -0.497 e. The van der Waals surface area contributed by atoms with Crippen molar-refractivity contribution in [3.8, 4) is 16.9 Å². The lowest BCUT2D eigenvalue weighted by molar-refractivity contribution is -0.139. The van der Waals surface area contributed by atoms with Crippen molar-refractivity contribution in [2.75, 3.05) is 7.11 Å². The lowest BCUT2D eigenvalue weighted by Gasteiger charge is -2.10. The Balaban J connectivity index is 2.17. The molecule has 1 heterocycles. The summed E-state index contributed by atoms with van der Waals surface area (Å²) in [7, 11) is 1.52. The second-order valence-corrected chi connectivity index (χ2v) is 5.55. The fourth-order valence-corrected chi connectivity index (χ4v) is 2.77. The number of alkyl halides is 3. The van der Waals surface area contributed by atoms with Crippen LogP contribution in [0.4, 0.5) is 13.2 Å². The van der Waals surface area contributed by atoms with E-state index in [1.165, 1.54) is 13.2 Å². The smallest absolute Gasteiger partial charge is 0.406 e. The number of hydrogen-bond donors (Lipinski definition) is 1. The summed E-state index contributed by atoms with van der Waals surface area (Å²) in [6.07, 6.45) is -3.43. The maximum absolute atomic E-state index is 12.8. The summed E-state index contributed by atoms with van der Waals surface area (Å²) in [4.78, 5) is 11.3. The summed E-state index contributed by atoms with van der Waals surface area (Å²) in [5.41, 5.74) is 1.49. The third-order valence-corrected chi connectivity index (χ3v) is 3.87. The molecular formula is C18H14F3NO3. The highest BCUT2D eigenvalue weighted by atomic mass is 19.4. The number of halogens is 3. The largest absolute Gasteiger partial charge is 0.497 e. The van der Waals surface area contributed by atoms with Crippen molar-refractivity contribution < 1.29 is 27.8 Å². The molecule has 0 aliphatic heterocycles. The molecule has 1 aromatic heterocycles. The molecule has 25 heavy (non-hydrogen) atoms. The summed E-state index contributed by atoms with van der Waals surface area (Å²) >= 11 is 0. The molecule has 1 N–H and O–H groups in total. The second-order valence-electron chi connectivity index (χ2n) is 5.55. The van der Waals surface area contributed by atoms with Gasteiger partial charge in [-0.15, -0.1) is 0 Å². The number of fused-ring (bicyclic) bond motifs is 1. The van der Waals surface area contributed by atoms with Gasteiger partial charge in [0.25, 0.3) is 0 Å². The van der Waals surface area contributed by atoms with Gasteiger partial charge >= 0.3 is 12.1 Å². The van der Waals surface area contributed by atoms with Crippen LogP contribution in [0, 0.1) is 0 Å². The van der Waals surface area contributed by atoms with Crippen molar-refractivity contribution in [3.05, 3.63) is 54.2 Å². The minimum atomic E-state index is -4.45. The van der Waals surface area contributed by atoms with Crippen LogP contribution in [0.1, 0.15) is 10.4 Å². The van der Waals surface area contributed by atoms with Crippen LogP contribution >= 0.6 is 0 Å². The van der Waals surface area contributed by atoms with E-state index >= 15 is 0 Å². The number of benzene rings is 2. The van der Waals surface area contributed by atoms with Crippen molar-refractivity contribution >= 4 is 16.9 Å². The normalized spacial score (nSPS) is 11.7. The van der Waals surface area contributed by atoms with E-state index in [0.29, 0.717) is 11.3 Å². The first kappa shape index (κ1) is 16.9. The Labute approximate surface area is 141 Å². The monoisotopic (exact) mass is 349 g/mol. The maximum Gasteiger partial charge on any atom is 0.406 e. The quantitative estimate of drug-likeness (QED) is 0.750. The van der Waals surface area contributed by atoms with Gasteiger partial charge in [0, 0.05) is 17.1 Å². The third kappa shape index (κ3) is 3.45. The molecule has 0 spiro atoms. The van der Waals surface area contributed by atoms with Gasteiger partial charge < -0.3 is 14.4 Å². The van der Waals surface area contributed by atoms with E-state index < -0.39 is 18.7 Å². The van der Waals surface area contributed by atoms with Crippen LogP contribution in [-0.2, 0) is 6.54 Å². The zero-order valence-electron chi connectivity index (χ0n) is 13.2. The van der Waals surface area contributed by atoms with E-state index in [4.69, 9.17) is 4.74 Å². The Morgan fingerprint density at radius 2 is 1.88 bits per heavy atom. The van der Waals surface area contributed by atoms with Crippen molar-refractivity contribution in [1.82, 2.24) is 4.57 Å². The van der Waals surface area contributed by atoms with E-state index in [1.54, 1.807) is 36.4 Å². The highest BCUT2D eigenvalue weighted by Gasteiger charge is 2.29. The van der Waals surface area contributed by atoms with Crippen LogP contribution in [-0.4, -0.2) is 28.9 Å². The van der Waals surface area contributed by atoms with Crippen LogP contribution in [0.5, 0.6) is 5.75 Å². The molecule has 0 saturated carbocycles. The molecule has 0 aliphatic rings. The molecule has 0 fully saturated rings. The zero-order valence-corrected chi connectivity index (χ0v) is 13.2. The van der Waals surface area contributed by atoms with Gasteiger partial charge in [0.15, 0.2) is 0 Å². The summed E-state index contributed by atoms with van der Waals surface area (Å²) in [6.45, 7) is -1.25. The Kier molecular flexibility index (Phi) is 4.16. The highest BCUT2D eigenvalue weighted by Crippen LogP contribution is 2.31. The number of rotatable bonds is 4. The molecule has 0 radical (unpaired) electrons. The molecular weight excluding hydrogens is 335 g/mol. The topological polar surface area (TPSA) is 51.5 Å². The molecule has 7 heteroatoms. The summed E-state index contributed by atoms with van der Waals surface area (Å²) in [6, 6.07) is 11.9. The Bertz CT molecular complexity index is 944. The summed E-state index contributed by atoms with van der Waals surface area (Å²) in [5, 5.41) is 9.51. The third-order valence-electron chi connectivity index (χ3n) is 3.87. The number of hydrogen-bond acceptors (Lipinski definition) is 2. The first-order valence-electron chi connectivity index (χ1n) is 7.36. The lowest BCUT2D eigenvalue weighted by Crippen LogP contribution is -2.16. The Morgan fingerprint density at radius 3 is 2.52 bits per heavy atom. The van der Waals surface area contributed by atoms with Crippen LogP contribution in [0.15, 0.2) is 48.7 Å². The van der Waals surface area contributed by atoms with Crippen molar-refractivity contribution in [2.24, 2.45) is 0 Å². The minimum absolute atomic E-state index is 0.156. The predicted octanol–water partition coefficient (Wildman–Crippen LogP) is 4.58. The fourth-order valence-electron chi connectivity index (χ4n) is 2.77. The van der Waals surface area contributed by atoms with Crippen molar-refractivity contribution in [3.63, 3.8) is 0 Å². The molecule has 0 bridgehead atoms. The van der Waals surface area contributed by atoms with Crippen LogP contribution in [0.25, 0.3) is 22.0 Å². The Hall–Kier alpha value is -2.96. The summed E-state index contributed by atoms with van der Waals surface area (Å²) < 4.78 is 44.5. The maximum atomic E-state index is 12.8. The van der Waals surface area contributed by atoms with Gasteiger partial charge in [0.05, 0.1) is 12.7 Å². The van der Waals surface area contributed by atoms with Gasteiger partial charge in [-0.3, -0.25) is 0 Å². The molecule has 3 rings (SSSR count). The van der Waals surface area contributed by atoms with E-state index in [1.807, 2.05) is 0 Å².